The standard InChI is InChI=1S/C24H44N4O2/c1-19-15-27(17-23(29)25(3)21-11-7-5-8-12-21)16-20(2)28(19)18-24(30)26(4)22-13-9-6-10-14-22/h19-22H,5-18H2,1-4H3/t19-,20-/m1/s1. The van der Waals surface area contributed by atoms with Gasteiger partial charge in [0, 0.05) is 51.4 Å². The van der Waals surface area contributed by atoms with Crippen LogP contribution >= 0.6 is 0 Å². The molecule has 30 heavy (non-hydrogen) atoms. The molecule has 2 amide bonds. The Balaban J connectivity index is 1.48. The van der Waals surface area contributed by atoms with Gasteiger partial charge in [-0.2, -0.15) is 0 Å². The molecule has 0 bridgehead atoms. The Kier molecular flexibility index (Phi) is 8.58. The van der Waals surface area contributed by atoms with Gasteiger partial charge in [0.2, 0.25) is 11.8 Å². The maximum Gasteiger partial charge on any atom is 0.236 e. The zero-order chi connectivity index (χ0) is 21.7. The number of hydrogen-bond donors (Lipinski definition) is 0. The van der Waals surface area contributed by atoms with Crippen molar-refractivity contribution in [2.24, 2.45) is 0 Å². The van der Waals surface area contributed by atoms with Gasteiger partial charge in [0.1, 0.15) is 0 Å². The van der Waals surface area contributed by atoms with E-state index in [-0.39, 0.29) is 23.9 Å². The molecule has 0 N–H and O–H groups in total. The monoisotopic (exact) mass is 420 g/mol. The first-order valence-electron chi connectivity index (χ1n) is 12.4. The molecule has 3 aliphatic rings. The predicted octanol–water partition coefficient (Wildman–Crippen LogP) is 2.96. The van der Waals surface area contributed by atoms with E-state index in [1.165, 1.54) is 38.5 Å². The van der Waals surface area contributed by atoms with E-state index in [0.717, 1.165) is 38.8 Å². The van der Waals surface area contributed by atoms with E-state index in [9.17, 15) is 9.59 Å². The highest BCUT2D eigenvalue weighted by Gasteiger charge is 2.34. The Morgan fingerprint density at radius 1 is 0.700 bits per heavy atom. The van der Waals surface area contributed by atoms with Crippen molar-refractivity contribution in [1.82, 2.24) is 19.6 Å². The van der Waals surface area contributed by atoms with Crippen LogP contribution in [0.15, 0.2) is 0 Å². The second-order valence-corrected chi connectivity index (χ2v) is 10.2. The van der Waals surface area contributed by atoms with Gasteiger partial charge in [0.05, 0.1) is 13.1 Å². The van der Waals surface area contributed by atoms with Crippen molar-refractivity contribution in [2.75, 3.05) is 40.3 Å². The Labute approximate surface area is 183 Å². The van der Waals surface area contributed by atoms with Gasteiger partial charge in [-0.05, 0) is 39.5 Å². The van der Waals surface area contributed by atoms with Crippen molar-refractivity contribution >= 4 is 11.8 Å². The van der Waals surface area contributed by atoms with E-state index in [0.29, 0.717) is 25.2 Å². The number of nitrogens with zero attached hydrogens (tertiary/aromatic N) is 4. The van der Waals surface area contributed by atoms with Crippen molar-refractivity contribution in [3.05, 3.63) is 0 Å². The fraction of sp³-hybridized carbons (Fsp3) is 0.917. The Hall–Kier alpha value is -1.14. The molecule has 1 saturated heterocycles. The van der Waals surface area contributed by atoms with Crippen LogP contribution in [0.4, 0.5) is 0 Å². The van der Waals surface area contributed by atoms with Crippen LogP contribution in [0.5, 0.6) is 0 Å². The summed E-state index contributed by atoms with van der Waals surface area (Å²) in [5.41, 5.74) is 0. The number of carbonyl (C=O) groups excluding carboxylic acids is 2. The zero-order valence-electron chi connectivity index (χ0n) is 19.8. The molecular formula is C24H44N4O2. The van der Waals surface area contributed by atoms with Crippen molar-refractivity contribution in [1.29, 1.82) is 0 Å². The van der Waals surface area contributed by atoms with E-state index < -0.39 is 0 Å². The van der Waals surface area contributed by atoms with Crippen LogP contribution in [0.1, 0.15) is 78.1 Å². The first-order valence-corrected chi connectivity index (χ1v) is 12.4. The fourth-order valence-electron chi connectivity index (χ4n) is 5.82. The third-order valence-electron chi connectivity index (χ3n) is 7.89. The topological polar surface area (TPSA) is 47.1 Å². The first kappa shape index (κ1) is 23.5. The minimum absolute atomic E-state index is 0.252. The van der Waals surface area contributed by atoms with Crippen molar-refractivity contribution < 1.29 is 9.59 Å². The molecule has 0 unspecified atom stereocenters. The maximum absolute atomic E-state index is 12.9. The molecule has 0 radical (unpaired) electrons. The number of rotatable bonds is 6. The third kappa shape index (κ3) is 5.97. The van der Waals surface area contributed by atoms with Crippen LogP contribution in [-0.4, -0.2) is 95.9 Å². The second kappa shape index (κ2) is 10.9. The van der Waals surface area contributed by atoms with Crippen molar-refractivity contribution in [3.63, 3.8) is 0 Å². The van der Waals surface area contributed by atoms with Gasteiger partial charge in [-0.25, -0.2) is 0 Å². The second-order valence-electron chi connectivity index (χ2n) is 10.2. The van der Waals surface area contributed by atoms with Crippen LogP contribution in [0.2, 0.25) is 0 Å². The molecule has 6 heteroatoms. The molecule has 1 heterocycles. The van der Waals surface area contributed by atoms with E-state index in [1.807, 2.05) is 23.9 Å². The van der Waals surface area contributed by atoms with Crippen LogP contribution in [0.3, 0.4) is 0 Å². The summed E-state index contributed by atoms with van der Waals surface area (Å²) in [6, 6.07) is 1.41. The van der Waals surface area contributed by atoms with Gasteiger partial charge in [-0.1, -0.05) is 38.5 Å². The average molecular weight is 421 g/mol. The molecule has 0 aromatic heterocycles. The van der Waals surface area contributed by atoms with Gasteiger partial charge >= 0.3 is 0 Å². The number of likely N-dealkylation sites (N-methyl/N-ethyl adjacent to an activating group) is 2. The third-order valence-corrected chi connectivity index (χ3v) is 7.89. The Morgan fingerprint density at radius 2 is 1.10 bits per heavy atom. The molecule has 2 atom stereocenters. The van der Waals surface area contributed by atoms with Gasteiger partial charge < -0.3 is 9.80 Å². The van der Waals surface area contributed by atoms with E-state index >= 15 is 0 Å². The molecule has 1 aliphatic heterocycles. The molecule has 0 aromatic rings. The molecule has 0 spiro atoms. The molecule has 6 nitrogen and oxygen atoms in total. The van der Waals surface area contributed by atoms with Crippen molar-refractivity contribution in [2.45, 2.75) is 102 Å². The zero-order valence-corrected chi connectivity index (χ0v) is 19.8. The highest BCUT2D eigenvalue weighted by Crippen LogP contribution is 2.24. The van der Waals surface area contributed by atoms with E-state index in [4.69, 9.17) is 0 Å². The lowest BCUT2D eigenvalue weighted by Gasteiger charge is -2.45. The SMILES string of the molecule is C[C@@H]1CN(CC(=O)N(C)C2CCCCC2)C[C@@H](C)N1CC(=O)N(C)C1CCCCC1. The summed E-state index contributed by atoms with van der Waals surface area (Å²) in [7, 11) is 3.98. The summed E-state index contributed by atoms with van der Waals surface area (Å²) in [4.78, 5) is 34.4. The Bertz CT molecular complexity index is 560. The van der Waals surface area contributed by atoms with E-state index in [2.05, 4.69) is 23.6 Å². The highest BCUT2D eigenvalue weighted by atomic mass is 16.2. The molecule has 172 valence electrons. The van der Waals surface area contributed by atoms with Gasteiger partial charge in [0.25, 0.3) is 0 Å². The minimum atomic E-state index is 0.252. The average Bonchev–Trinajstić information content (AvgIpc) is 2.76. The van der Waals surface area contributed by atoms with E-state index in [1.54, 1.807) is 0 Å². The van der Waals surface area contributed by atoms with Gasteiger partial charge in [0.15, 0.2) is 0 Å². The quantitative estimate of drug-likeness (QED) is 0.663. The van der Waals surface area contributed by atoms with Crippen LogP contribution in [0, 0.1) is 0 Å². The molecule has 2 aliphatic carbocycles. The number of hydrogen-bond acceptors (Lipinski definition) is 4. The molecule has 3 rings (SSSR count). The normalized spacial score (nSPS) is 27.7. The minimum Gasteiger partial charge on any atom is -0.342 e. The first-order chi connectivity index (χ1) is 14.4. The van der Waals surface area contributed by atoms with Crippen LogP contribution in [0.25, 0.3) is 0 Å². The number of piperazine rings is 1. The lowest BCUT2D eigenvalue weighted by Crippen LogP contribution is -2.60. The summed E-state index contributed by atoms with van der Waals surface area (Å²) >= 11 is 0. The predicted molar refractivity (Wildman–Crippen MR) is 121 cm³/mol. The molecular weight excluding hydrogens is 376 g/mol. The fourth-order valence-corrected chi connectivity index (χ4v) is 5.82. The number of carbonyl (C=O) groups is 2. The lowest BCUT2D eigenvalue weighted by atomic mass is 9.94. The molecule has 0 aromatic carbocycles. The summed E-state index contributed by atoms with van der Waals surface area (Å²) in [6.45, 7) is 7.12. The molecule has 3 fully saturated rings. The summed E-state index contributed by atoms with van der Waals surface area (Å²) < 4.78 is 0. The highest BCUT2D eigenvalue weighted by molar-refractivity contribution is 5.79. The van der Waals surface area contributed by atoms with Crippen LogP contribution < -0.4 is 0 Å². The Morgan fingerprint density at radius 3 is 1.53 bits per heavy atom. The lowest BCUT2D eigenvalue weighted by molar-refractivity contribution is -0.138. The molecule has 2 saturated carbocycles. The summed E-state index contributed by atoms with van der Waals surface area (Å²) in [6.07, 6.45) is 12.2. The maximum atomic E-state index is 12.9. The summed E-state index contributed by atoms with van der Waals surface area (Å²) in [5.74, 6) is 0.505. The summed E-state index contributed by atoms with van der Waals surface area (Å²) in [5, 5.41) is 0. The van der Waals surface area contributed by atoms with Crippen molar-refractivity contribution in [3.8, 4) is 0 Å². The largest absolute Gasteiger partial charge is 0.342 e. The van der Waals surface area contributed by atoms with Gasteiger partial charge in [-0.15, -0.1) is 0 Å². The van der Waals surface area contributed by atoms with Crippen LogP contribution in [-0.2, 0) is 9.59 Å². The smallest absolute Gasteiger partial charge is 0.236 e. The van der Waals surface area contributed by atoms with Gasteiger partial charge in [-0.3, -0.25) is 19.4 Å². The number of amides is 2.